The Kier molecular flexibility index (Phi) is 5.44. The third-order valence-electron chi connectivity index (χ3n) is 3.04. The van der Waals surface area contributed by atoms with Crippen molar-refractivity contribution in [3.05, 3.63) is 18.2 Å². The van der Waals surface area contributed by atoms with Crippen LogP contribution in [0, 0.1) is 11.4 Å². The average Bonchev–Trinajstić information content (AvgIpc) is 2.47. The third kappa shape index (κ3) is 4.09. The monoisotopic (exact) mass is 283 g/mol. The molecule has 1 fully saturated rings. The molecule has 0 unspecified atom stereocenters. The predicted octanol–water partition coefficient (Wildman–Crippen LogP) is 3.41. The lowest BCUT2D eigenvalue weighted by Crippen LogP contribution is -2.21. The number of nitrogens with one attached hydrogen (secondary N) is 2. The van der Waals surface area contributed by atoms with E-state index < -0.39 is 0 Å². The van der Waals surface area contributed by atoms with E-state index >= 15 is 0 Å². The van der Waals surface area contributed by atoms with E-state index in [0.717, 1.165) is 26.1 Å². The second kappa shape index (κ2) is 7.32. The number of anilines is 1. The predicted molar refractivity (Wildman–Crippen MR) is 72.7 cm³/mol. The van der Waals surface area contributed by atoms with Crippen molar-refractivity contribution in [2.24, 2.45) is 11.1 Å². The van der Waals surface area contributed by atoms with Gasteiger partial charge in [-0.1, -0.05) is 5.22 Å². The van der Waals surface area contributed by atoms with Gasteiger partial charge in [-0.2, -0.15) is 5.53 Å². The molecule has 0 radical (unpaired) electrons. The van der Waals surface area contributed by atoms with Crippen molar-refractivity contribution in [2.45, 2.75) is 17.7 Å². The summed E-state index contributed by atoms with van der Waals surface area (Å²) in [5.74, 6) is 1.15. The summed E-state index contributed by atoms with van der Waals surface area (Å²) in [4.78, 5) is 0.612. The van der Waals surface area contributed by atoms with E-state index in [1.165, 1.54) is 0 Å². The van der Waals surface area contributed by atoms with Gasteiger partial charge in [-0.15, -0.1) is 0 Å². The lowest BCUT2D eigenvalue weighted by molar-refractivity contribution is 0.0493. The lowest BCUT2D eigenvalue weighted by atomic mass is 10.0. The Balaban J connectivity index is 1.96. The molecule has 0 saturated carbocycles. The van der Waals surface area contributed by atoms with Gasteiger partial charge in [0.2, 0.25) is 0 Å². The smallest absolute Gasteiger partial charge is 0.135 e. The Labute approximate surface area is 116 Å². The Morgan fingerprint density at radius 1 is 1.47 bits per heavy atom. The fraction of sp³-hybridized carbons (Fsp3) is 0.500. The summed E-state index contributed by atoms with van der Waals surface area (Å²) in [7, 11) is 0. The Hall–Kier alpha value is -1.31. The van der Waals surface area contributed by atoms with Crippen LogP contribution in [0.4, 0.5) is 5.69 Å². The summed E-state index contributed by atoms with van der Waals surface area (Å²) in [6.07, 6.45) is 2.03. The van der Waals surface area contributed by atoms with Crippen molar-refractivity contribution in [1.29, 1.82) is 5.53 Å². The number of benzene rings is 1. The maximum Gasteiger partial charge on any atom is 0.135 e. The molecule has 1 heterocycles. The first-order valence-corrected chi connectivity index (χ1v) is 6.89. The van der Waals surface area contributed by atoms with Gasteiger partial charge in [0.05, 0.1) is 17.2 Å². The maximum atomic E-state index is 9.26. The molecule has 0 aromatic heterocycles. The number of nitrogens with zero attached hydrogens (tertiary/aromatic N) is 1. The normalized spacial score (nSPS) is 16.1. The van der Waals surface area contributed by atoms with Gasteiger partial charge < -0.3 is 14.0 Å². The molecule has 0 aliphatic carbocycles. The van der Waals surface area contributed by atoms with Crippen LogP contribution in [0.2, 0.25) is 0 Å². The standard InChI is InChI=1S/C12H17N3O3S/c13-15-14-10-1-2-11(12(7-10)19-16)18-8-9-3-5-17-6-4-9/h1-2,7,9,16H,3-6,8H2,(H2,13,14). The molecule has 1 saturated heterocycles. The van der Waals surface area contributed by atoms with E-state index in [0.29, 0.717) is 40.9 Å². The van der Waals surface area contributed by atoms with Crippen LogP contribution in [0.15, 0.2) is 28.3 Å². The zero-order valence-corrected chi connectivity index (χ0v) is 11.3. The van der Waals surface area contributed by atoms with E-state index in [1.807, 2.05) is 0 Å². The van der Waals surface area contributed by atoms with Gasteiger partial charge in [0.25, 0.3) is 0 Å². The van der Waals surface area contributed by atoms with Crippen LogP contribution < -0.4 is 10.2 Å². The molecule has 1 aromatic rings. The summed E-state index contributed by atoms with van der Waals surface area (Å²) >= 11 is 0.629. The molecule has 7 heteroatoms. The van der Waals surface area contributed by atoms with Crippen molar-refractivity contribution < 1.29 is 14.0 Å². The van der Waals surface area contributed by atoms with Gasteiger partial charge in [0, 0.05) is 25.3 Å². The van der Waals surface area contributed by atoms with Gasteiger partial charge >= 0.3 is 0 Å². The van der Waals surface area contributed by atoms with E-state index in [4.69, 9.17) is 15.0 Å². The maximum absolute atomic E-state index is 9.26. The highest BCUT2D eigenvalue weighted by atomic mass is 32.2. The Morgan fingerprint density at radius 3 is 2.95 bits per heavy atom. The van der Waals surface area contributed by atoms with Crippen LogP contribution in [0.25, 0.3) is 0 Å². The fourth-order valence-corrected chi connectivity index (χ4v) is 2.35. The molecule has 1 aliphatic rings. The largest absolute Gasteiger partial charge is 0.492 e. The molecule has 104 valence electrons. The van der Waals surface area contributed by atoms with Crippen molar-refractivity contribution in [2.75, 3.05) is 25.2 Å². The quantitative estimate of drug-likeness (QED) is 0.423. The van der Waals surface area contributed by atoms with Crippen LogP contribution in [0.5, 0.6) is 5.75 Å². The van der Waals surface area contributed by atoms with Crippen molar-refractivity contribution in [3.8, 4) is 5.75 Å². The van der Waals surface area contributed by atoms with E-state index in [1.54, 1.807) is 18.2 Å². The molecular weight excluding hydrogens is 266 g/mol. The minimum atomic E-state index is 0.506. The minimum Gasteiger partial charge on any atom is -0.492 e. The van der Waals surface area contributed by atoms with Crippen LogP contribution in [0.1, 0.15) is 12.8 Å². The summed E-state index contributed by atoms with van der Waals surface area (Å²) in [5, 5.41) is 3.08. The molecule has 19 heavy (non-hydrogen) atoms. The zero-order chi connectivity index (χ0) is 13.5. The SMILES string of the molecule is N=NNc1ccc(OCC2CCOCC2)c(SO)c1. The second-order valence-corrected chi connectivity index (χ2v) is 4.97. The number of hydrogen-bond acceptors (Lipinski definition) is 6. The number of ether oxygens (including phenoxy) is 2. The van der Waals surface area contributed by atoms with Crippen molar-refractivity contribution in [1.82, 2.24) is 0 Å². The van der Waals surface area contributed by atoms with Crippen LogP contribution in [-0.4, -0.2) is 24.4 Å². The third-order valence-corrected chi connectivity index (χ3v) is 3.56. The zero-order valence-electron chi connectivity index (χ0n) is 10.5. The first kappa shape index (κ1) is 14.1. The molecule has 3 N–H and O–H groups in total. The van der Waals surface area contributed by atoms with E-state index in [-0.39, 0.29) is 0 Å². The molecule has 0 spiro atoms. The molecule has 0 atom stereocenters. The number of rotatable bonds is 6. The first-order valence-electron chi connectivity index (χ1n) is 6.12. The molecular formula is C12H17N3O3S. The van der Waals surface area contributed by atoms with E-state index in [9.17, 15) is 4.55 Å². The number of hydrogen-bond donors (Lipinski definition) is 3. The first-order chi connectivity index (χ1) is 9.33. The van der Waals surface area contributed by atoms with Crippen molar-refractivity contribution >= 4 is 17.7 Å². The highest BCUT2D eigenvalue weighted by Gasteiger charge is 2.15. The van der Waals surface area contributed by atoms with E-state index in [2.05, 4.69) is 10.6 Å². The van der Waals surface area contributed by atoms with Gasteiger partial charge in [-0.05, 0) is 37.0 Å². The highest BCUT2D eigenvalue weighted by molar-refractivity contribution is 7.93. The molecule has 0 amide bonds. The average molecular weight is 283 g/mol. The van der Waals surface area contributed by atoms with Crippen LogP contribution >= 0.6 is 12.0 Å². The second-order valence-electron chi connectivity index (χ2n) is 4.34. The highest BCUT2D eigenvalue weighted by Crippen LogP contribution is 2.31. The Bertz CT molecular complexity index is 425. The summed E-state index contributed by atoms with van der Waals surface area (Å²) in [6.45, 7) is 2.22. The molecule has 1 aliphatic heterocycles. The summed E-state index contributed by atoms with van der Waals surface area (Å²) in [5.41, 5.74) is 9.89. The van der Waals surface area contributed by atoms with Gasteiger partial charge in [-0.3, -0.25) is 5.43 Å². The topological polar surface area (TPSA) is 86.9 Å². The van der Waals surface area contributed by atoms with Crippen molar-refractivity contribution in [3.63, 3.8) is 0 Å². The minimum absolute atomic E-state index is 0.506. The molecule has 6 nitrogen and oxygen atoms in total. The summed E-state index contributed by atoms with van der Waals surface area (Å²) < 4.78 is 20.3. The summed E-state index contributed by atoms with van der Waals surface area (Å²) in [6, 6.07) is 5.23. The van der Waals surface area contributed by atoms with Gasteiger partial charge in [0.15, 0.2) is 0 Å². The van der Waals surface area contributed by atoms with Crippen LogP contribution in [0.3, 0.4) is 0 Å². The fourth-order valence-electron chi connectivity index (χ4n) is 1.95. The lowest BCUT2D eigenvalue weighted by Gasteiger charge is -2.22. The Morgan fingerprint density at radius 2 is 2.26 bits per heavy atom. The molecule has 0 bridgehead atoms. The van der Waals surface area contributed by atoms with Gasteiger partial charge in [0.1, 0.15) is 5.75 Å². The molecule has 1 aromatic carbocycles. The molecule has 2 rings (SSSR count). The van der Waals surface area contributed by atoms with Gasteiger partial charge in [-0.25, -0.2) is 0 Å². The van der Waals surface area contributed by atoms with Crippen LogP contribution in [-0.2, 0) is 4.74 Å².